The summed E-state index contributed by atoms with van der Waals surface area (Å²) in [6.07, 6.45) is 3.83. The van der Waals surface area contributed by atoms with E-state index < -0.39 is 23.2 Å². The van der Waals surface area contributed by atoms with Gasteiger partial charge in [0, 0.05) is 42.7 Å². The highest BCUT2D eigenvalue weighted by atomic mass is 16.6. The van der Waals surface area contributed by atoms with Gasteiger partial charge in [0.1, 0.15) is 11.1 Å². The van der Waals surface area contributed by atoms with Crippen LogP contribution in [0.3, 0.4) is 0 Å². The lowest BCUT2D eigenvalue weighted by atomic mass is 9.76. The highest BCUT2D eigenvalue weighted by Crippen LogP contribution is 2.50. The van der Waals surface area contributed by atoms with Gasteiger partial charge in [-0.1, -0.05) is 121 Å². The molecule has 2 aliphatic rings. The zero-order valence-corrected chi connectivity index (χ0v) is 32.0. The molecule has 282 valence electrons. The predicted octanol–water partition coefficient (Wildman–Crippen LogP) is 9.47. The Hall–Kier alpha value is -6.25. The summed E-state index contributed by atoms with van der Waals surface area (Å²) in [5, 5.41) is 5.56. The molecule has 1 fully saturated rings. The standard InChI is InChI=1S/C48H47N5O3/c1-47(2,3)56-46(55)52-32-36(34-16-8-4-9-17-34)30-37(33-52)45(54)50-41-24-25-43-42(31-41)44(35-26-28-49-29-27-35)51-53(43)48(38-18-10-5-11-19-38,39-20-12-6-13-21-39)40-22-14-7-15-23-40/h4-29,31,36-37,44,51H,30,32-33H2,1-3H3,(H,50,54). The van der Waals surface area contributed by atoms with Gasteiger partial charge >= 0.3 is 6.09 Å². The van der Waals surface area contributed by atoms with Crippen LogP contribution in [0.2, 0.25) is 0 Å². The number of hydrogen-bond acceptors (Lipinski definition) is 6. The molecule has 2 aliphatic heterocycles. The van der Waals surface area contributed by atoms with Gasteiger partial charge in [0.25, 0.3) is 0 Å². The Kier molecular flexibility index (Phi) is 10.1. The van der Waals surface area contributed by atoms with Crippen molar-refractivity contribution in [3.8, 4) is 0 Å². The smallest absolute Gasteiger partial charge is 0.410 e. The van der Waals surface area contributed by atoms with Crippen LogP contribution in [-0.4, -0.2) is 40.6 Å². The number of nitrogens with zero attached hydrogens (tertiary/aromatic N) is 3. The number of anilines is 2. The Bertz CT molecular complexity index is 2170. The Balaban J connectivity index is 1.19. The van der Waals surface area contributed by atoms with Gasteiger partial charge in [0.05, 0.1) is 17.6 Å². The Morgan fingerprint density at radius 1 is 0.696 bits per heavy atom. The van der Waals surface area contributed by atoms with E-state index in [1.165, 1.54) is 0 Å². The van der Waals surface area contributed by atoms with Crippen molar-refractivity contribution in [1.82, 2.24) is 15.3 Å². The van der Waals surface area contributed by atoms with E-state index in [0.29, 0.717) is 18.7 Å². The topological polar surface area (TPSA) is 86.8 Å². The number of amides is 2. The lowest BCUT2D eigenvalue weighted by Crippen LogP contribution is -2.53. The van der Waals surface area contributed by atoms with E-state index in [4.69, 9.17) is 4.74 Å². The summed E-state index contributed by atoms with van der Waals surface area (Å²) in [5.74, 6) is -0.582. The van der Waals surface area contributed by atoms with Crippen LogP contribution < -0.4 is 15.8 Å². The van der Waals surface area contributed by atoms with Crippen LogP contribution in [0.1, 0.15) is 72.5 Å². The highest BCUT2D eigenvalue weighted by molar-refractivity contribution is 5.94. The van der Waals surface area contributed by atoms with E-state index >= 15 is 0 Å². The molecule has 0 saturated carbocycles. The minimum Gasteiger partial charge on any atom is -0.444 e. The molecule has 0 radical (unpaired) electrons. The monoisotopic (exact) mass is 741 g/mol. The number of likely N-dealkylation sites (tertiary alicyclic amines) is 1. The average Bonchev–Trinajstić information content (AvgIpc) is 3.61. The van der Waals surface area contributed by atoms with Gasteiger partial charge in [-0.25, -0.2) is 10.2 Å². The van der Waals surface area contributed by atoms with Crippen molar-refractivity contribution in [3.63, 3.8) is 0 Å². The molecule has 2 N–H and O–H groups in total. The van der Waals surface area contributed by atoms with Crippen LogP contribution in [0.15, 0.2) is 164 Å². The van der Waals surface area contributed by atoms with Gasteiger partial charge in [-0.15, -0.1) is 0 Å². The molecule has 56 heavy (non-hydrogen) atoms. The SMILES string of the molecule is CC(C)(C)OC(=O)N1CC(C(=O)Nc2ccc3c(c2)C(c2ccncc2)NN3C(c2ccccc2)(c2ccccc2)c2ccccc2)CC(c2ccccc2)C1. The Morgan fingerprint density at radius 2 is 1.25 bits per heavy atom. The molecule has 1 saturated heterocycles. The molecule has 0 spiro atoms. The van der Waals surface area contributed by atoms with Crippen LogP contribution in [0.4, 0.5) is 16.2 Å². The van der Waals surface area contributed by atoms with Gasteiger partial charge in [0.15, 0.2) is 0 Å². The summed E-state index contributed by atoms with van der Waals surface area (Å²) < 4.78 is 5.78. The first-order valence-corrected chi connectivity index (χ1v) is 19.3. The quantitative estimate of drug-likeness (QED) is 0.151. The second-order valence-corrected chi connectivity index (χ2v) is 15.7. The van der Waals surface area contributed by atoms with Crippen LogP contribution in [0, 0.1) is 5.92 Å². The van der Waals surface area contributed by atoms with Gasteiger partial charge in [-0.2, -0.15) is 0 Å². The summed E-state index contributed by atoms with van der Waals surface area (Å²) >= 11 is 0. The van der Waals surface area contributed by atoms with Crippen molar-refractivity contribution >= 4 is 23.4 Å². The molecule has 8 nitrogen and oxygen atoms in total. The molecule has 6 aromatic rings. The first kappa shape index (κ1) is 36.7. The van der Waals surface area contributed by atoms with Crippen molar-refractivity contribution in [2.24, 2.45) is 5.92 Å². The second-order valence-electron chi connectivity index (χ2n) is 15.7. The van der Waals surface area contributed by atoms with Gasteiger partial charge in [-0.05, 0) is 85.3 Å². The maximum Gasteiger partial charge on any atom is 0.410 e. The number of rotatable bonds is 8. The van der Waals surface area contributed by atoms with Crippen molar-refractivity contribution < 1.29 is 14.3 Å². The number of hydrogen-bond donors (Lipinski definition) is 2. The number of aromatic nitrogens is 1. The van der Waals surface area contributed by atoms with Crippen molar-refractivity contribution in [2.75, 3.05) is 23.4 Å². The first-order chi connectivity index (χ1) is 27.2. The number of nitrogens with one attached hydrogen (secondary N) is 2. The van der Waals surface area contributed by atoms with E-state index in [9.17, 15) is 9.59 Å². The third kappa shape index (κ3) is 7.28. The van der Waals surface area contributed by atoms with Crippen molar-refractivity contribution in [1.29, 1.82) is 0 Å². The third-order valence-electron chi connectivity index (χ3n) is 10.8. The molecule has 3 unspecified atom stereocenters. The number of hydrazine groups is 1. The van der Waals surface area contributed by atoms with E-state index in [0.717, 1.165) is 39.1 Å². The number of ether oxygens (including phenoxy) is 1. The number of carbonyl (C=O) groups is 2. The number of pyridine rings is 1. The van der Waals surface area contributed by atoms with Crippen LogP contribution in [0.5, 0.6) is 0 Å². The molecule has 3 atom stereocenters. The zero-order chi connectivity index (χ0) is 38.7. The minimum absolute atomic E-state index is 0.0100. The maximum atomic E-state index is 14.3. The molecule has 8 rings (SSSR count). The normalized spacial score (nSPS) is 18.2. The lowest BCUT2D eigenvalue weighted by molar-refractivity contribution is -0.121. The molecule has 2 amide bonds. The lowest BCUT2D eigenvalue weighted by Gasteiger charge is -2.45. The fourth-order valence-electron chi connectivity index (χ4n) is 8.32. The number of fused-ring (bicyclic) bond motifs is 1. The molecule has 8 heteroatoms. The molecule has 0 aliphatic carbocycles. The van der Waals surface area contributed by atoms with E-state index in [1.807, 2.05) is 87.8 Å². The van der Waals surface area contributed by atoms with Gasteiger partial charge < -0.3 is 15.0 Å². The molecule has 1 aromatic heterocycles. The predicted molar refractivity (Wildman–Crippen MR) is 221 cm³/mol. The molecule has 5 aromatic carbocycles. The van der Waals surface area contributed by atoms with Gasteiger partial charge in [0.2, 0.25) is 5.91 Å². The minimum atomic E-state index is -0.773. The summed E-state index contributed by atoms with van der Waals surface area (Å²) in [4.78, 5) is 33.7. The number of carbonyl (C=O) groups excluding carboxylic acids is 2. The molecular formula is C48H47N5O3. The van der Waals surface area contributed by atoms with Crippen LogP contribution in [-0.2, 0) is 15.1 Å². The fourth-order valence-corrected chi connectivity index (χ4v) is 8.32. The first-order valence-electron chi connectivity index (χ1n) is 19.3. The molecule has 0 bridgehead atoms. The van der Waals surface area contributed by atoms with Crippen molar-refractivity contribution in [2.45, 2.75) is 50.3 Å². The van der Waals surface area contributed by atoms with E-state index in [1.54, 1.807) is 4.90 Å². The fraction of sp³-hybridized carbons (Fsp3) is 0.229. The average molecular weight is 742 g/mol. The maximum absolute atomic E-state index is 14.3. The van der Waals surface area contributed by atoms with Gasteiger partial charge in [-0.3, -0.25) is 14.8 Å². The molecular weight excluding hydrogens is 695 g/mol. The number of piperidine rings is 1. The summed E-state index contributed by atoms with van der Waals surface area (Å²) in [7, 11) is 0. The van der Waals surface area contributed by atoms with E-state index in [2.05, 4.69) is 118 Å². The third-order valence-corrected chi connectivity index (χ3v) is 10.8. The largest absolute Gasteiger partial charge is 0.444 e. The second kappa shape index (κ2) is 15.5. The highest BCUT2D eigenvalue weighted by Gasteiger charge is 2.48. The summed E-state index contributed by atoms with van der Waals surface area (Å²) in [6.45, 7) is 6.35. The summed E-state index contributed by atoms with van der Waals surface area (Å²) in [6, 6.07) is 51.9. The van der Waals surface area contributed by atoms with Crippen LogP contribution >= 0.6 is 0 Å². The Labute approximate surface area is 329 Å². The van der Waals surface area contributed by atoms with Crippen LogP contribution in [0.25, 0.3) is 0 Å². The zero-order valence-electron chi connectivity index (χ0n) is 32.0. The van der Waals surface area contributed by atoms with E-state index in [-0.39, 0.29) is 24.4 Å². The Morgan fingerprint density at radius 3 is 1.80 bits per heavy atom. The number of benzene rings is 5. The van der Waals surface area contributed by atoms with Crippen molar-refractivity contribution in [3.05, 3.63) is 197 Å². The molecule has 3 heterocycles. The summed E-state index contributed by atoms with van der Waals surface area (Å²) in [5.41, 5.74) is 10.7.